The molecule has 0 aliphatic carbocycles. The number of carbonyl (C=O) groups is 1. The number of alkyl halides is 1. The summed E-state index contributed by atoms with van der Waals surface area (Å²) in [5.41, 5.74) is 0. The van der Waals surface area contributed by atoms with E-state index < -0.39 is 19.0 Å². The average molecular weight is 185 g/mol. The van der Waals surface area contributed by atoms with E-state index in [0.717, 1.165) is 0 Å². The number of hydrogen-bond donors (Lipinski definition) is 3. The monoisotopic (exact) mass is 185 g/mol. The van der Waals surface area contributed by atoms with Gasteiger partial charge in [0.1, 0.15) is 6.67 Å². The van der Waals surface area contributed by atoms with Crippen LogP contribution in [0.5, 0.6) is 0 Å². The van der Waals surface area contributed by atoms with Crippen LogP contribution in [-0.4, -0.2) is 42.3 Å². The van der Waals surface area contributed by atoms with Gasteiger partial charge in [-0.05, 0) is 14.0 Å². The minimum atomic E-state index is -2.33. The Bertz CT molecular complexity index is 111. The predicted octanol–water partition coefficient (Wildman–Crippen LogP) is 0.559. The average Bonchev–Trinajstić information content (AvgIpc) is 2.00. The van der Waals surface area contributed by atoms with Crippen LogP contribution in [0.15, 0.2) is 0 Å². The van der Waals surface area contributed by atoms with Gasteiger partial charge in [-0.3, -0.25) is 0 Å². The molecule has 0 amide bonds. The minimum Gasteiger partial charge on any atom is -0.456 e. The first-order valence-electron chi connectivity index (χ1n) is 3.25. The van der Waals surface area contributed by atoms with Crippen molar-refractivity contribution in [2.45, 2.75) is 19.1 Å². The van der Waals surface area contributed by atoms with Gasteiger partial charge in [-0.2, -0.15) is 0 Å². The zero-order valence-corrected chi connectivity index (χ0v) is 6.92. The van der Waals surface area contributed by atoms with Crippen LogP contribution in [0.2, 0.25) is 0 Å². The number of aliphatic hydroxyl groups is 1. The van der Waals surface area contributed by atoms with Gasteiger partial charge in [-0.15, -0.1) is 4.39 Å². The van der Waals surface area contributed by atoms with E-state index in [2.05, 4.69) is 5.32 Å². The van der Waals surface area contributed by atoms with Crippen molar-refractivity contribution in [3.05, 3.63) is 0 Å². The maximum Gasteiger partial charge on any atom is 0.492 e. The Morgan fingerprint density at radius 2 is 2.00 bits per heavy atom. The summed E-state index contributed by atoms with van der Waals surface area (Å²) in [7, 11) is 1.68. The van der Waals surface area contributed by atoms with Gasteiger partial charge < -0.3 is 15.5 Å². The molecule has 6 heteroatoms. The fraction of sp³-hybridized carbons (Fsp3) is 0.833. The Hall–Kier alpha value is -0.750. The molecule has 0 aliphatic rings. The fourth-order valence-corrected chi connectivity index (χ4v) is 0.326. The molecule has 74 valence electrons. The second kappa shape index (κ2) is 8.35. The van der Waals surface area contributed by atoms with Crippen LogP contribution in [0, 0.1) is 0 Å². The number of nitrogens with one attached hydrogen (secondary N) is 1. The Morgan fingerprint density at radius 1 is 1.67 bits per heavy atom. The molecule has 2 atom stereocenters. The Kier molecular flexibility index (Phi) is 9.61. The van der Waals surface area contributed by atoms with E-state index in [-0.39, 0.29) is 6.04 Å². The van der Waals surface area contributed by atoms with Crippen molar-refractivity contribution >= 4 is 6.22 Å². The topological polar surface area (TPSA) is 69.6 Å². The van der Waals surface area contributed by atoms with Gasteiger partial charge in [0.05, 0.1) is 6.10 Å². The standard InChI is InChI=1S/C5H12FNO.CHFO2/c1-4(7-2)5(8)3-6;2-1(3)4/h4-5,7-8H,3H2,1-2H3;(H,3,4). The quantitative estimate of drug-likeness (QED) is 0.562. The Morgan fingerprint density at radius 3 is 2.08 bits per heavy atom. The van der Waals surface area contributed by atoms with Gasteiger partial charge in [-0.25, -0.2) is 9.18 Å². The number of aliphatic hydroxyl groups excluding tert-OH is 1. The summed E-state index contributed by atoms with van der Waals surface area (Å²) in [6, 6.07) is -0.153. The van der Waals surface area contributed by atoms with E-state index in [1.807, 2.05) is 0 Å². The summed E-state index contributed by atoms with van der Waals surface area (Å²) in [6.07, 6.45) is -3.19. The lowest BCUT2D eigenvalue weighted by atomic mass is 10.2. The highest BCUT2D eigenvalue weighted by atomic mass is 19.1. The number of rotatable bonds is 3. The molecule has 0 fully saturated rings. The lowest BCUT2D eigenvalue weighted by Crippen LogP contribution is -2.35. The molecular weight excluding hydrogens is 172 g/mol. The van der Waals surface area contributed by atoms with Crippen molar-refractivity contribution in [3.8, 4) is 0 Å². The molecule has 0 aromatic rings. The van der Waals surface area contributed by atoms with Crippen LogP contribution in [0.1, 0.15) is 6.92 Å². The van der Waals surface area contributed by atoms with Crippen LogP contribution in [0.25, 0.3) is 0 Å². The molecular formula is C6H13F2NO3. The van der Waals surface area contributed by atoms with E-state index in [4.69, 9.17) is 15.0 Å². The Labute approximate surface area is 69.2 Å². The molecule has 2 unspecified atom stereocenters. The molecule has 0 bridgehead atoms. The van der Waals surface area contributed by atoms with E-state index in [1.165, 1.54) is 0 Å². The molecule has 0 saturated carbocycles. The summed E-state index contributed by atoms with van der Waals surface area (Å²) in [4.78, 5) is 8.33. The molecule has 3 N–H and O–H groups in total. The van der Waals surface area contributed by atoms with Crippen molar-refractivity contribution in [2.24, 2.45) is 0 Å². The summed E-state index contributed by atoms with van der Waals surface area (Å²) in [5, 5.41) is 18.2. The summed E-state index contributed by atoms with van der Waals surface area (Å²) < 4.78 is 21.5. The van der Waals surface area contributed by atoms with Gasteiger partial charge >= 0.3 is 6.22 Å². The third-order valence-electron chi connectivity index (χ3n) is 1.19. The molecule has 0 rings (SSSR count). The van der Waals surface area contributed by atoms with Gasteiger partial charge in [0.2, 0.25) is 0 Å². The maximum atomic E-state index is 11.5. The summed E-state index contributed by atoms with van der Waals surface area (Å²) in [6.45, 7) is 1.05. The number of carboxylic acid groups (broad SMARTS) is 1. The Balaban J connectivity index is 0. The number of hydrogen-bond acceptors (Lipinski definition) is 3. The number of likely N-dealkylation sites (N-methyl/N-ethyl adjacent to an activating group) is 1. The molecule has 4 nitrogen and oxygen atoms in total. The van der Waals surface area contributed by atoms with Crippen LogP contribution >= 0.6 is 0 Å². The van der Waals surface area contributed by atoms with E-state index >= 15 is 0 Å². The van der Waals surface area contributed by atoms with Gasteiger partial charge in [0, 0.05) is 6.04 Å². The first-order chi connectivity index (χ1) is 5.45. The first-order valence-corrected chi connectivity index (χ1v) is 3.25. The van der Waals surface area contributed by atoms with Crippen molar-refractivity contribution in [1.29, 1.82) is 0 Å². The lowest BCUT2D eigenvalue weighted by molar-refractivity contribution is 0.108. The SMILES string of the molecule is CNC(C)C(O)CF.O=C(O)F. The second-order valence-corrected chi connectivity index (χ2v) is 2.05. The highest BCUT2D eigenvalue weighted by Gasteiger charge is 2.09. The lowest BCUT2D eigenvalue weighted by Gasteiger charge is -2.13. The van der Waals surface area contributed by atoms with Crippen molar-refractivity contribution in [2.75, 3.05) is 13.7 Å². The van der Waals surface area contributed by atoms with Crippen molar-refractivity contribution < 1.29 is 23.8 Å². The zero-order chi connectivity index (χ0) is 10.1. The minimum absolute atomic E-state index is 0.153. The first kappa shape index (κ1) is 13.8. The molecule has 0 radical (unpaired) electrons. The molecule has 0 aromatic heterocycles. The van der Waals surface area contributed by atoms with Gasteiger partial charge in [0.15, 0.2) is 0 Å². The summed E-state index contributed by atoms with van der Waals surface area (Å²) >= 11 is 0. The molecule has 12 heavy (non-hydrogen) atoms. The second-order valence-electron chi connectivity index (χ2n) is 2.05. The molecule has 0 heterocycles. The van der Waals surface area contributed by atoms with E-state index in [9.17, 15) is 8.78 Å². The number of halogens is 2. The van der Waals surface area contributed by atoms with E-state index in [0.29, 0.717) is 0 Å². The zero-order valence-electron chi connectivity index (χ0n) is 6.92. The van der Waals surface area contributed by atoms with Crippen molar-refractivity contribution in [3.63, 3.8) is 0 Å². The molecule has 0 aliphatic heterocycles. The predicted molar refractivity (Wildman–Crippen MR) is 39.6 cm³/mol. The molecule has 0 spiro atoms. The van der Waals surface area contributed by atoms with Crippen LogP contribution in [0.4, 0.5) is 13.6 Å². The van der Waals surface area contributed by atoms with Crippen LogP contribution in [0.3, 0.4) is 0 Å². The third kappa shape index (κ3) is 12.0. The maximum absolute atomic E-state index is 11.5. The van der Waals surface area contributed by atoms with Crippen LogP contribution in [-0.2, 0) is 0 Å². The third-order valence-corrected chi connectivity index (χ3v) is 1.19. The molecule has 0 aromatic carbocycles. The normalized spacial score (nSPS) is 14.1. The highest BCUT2D eigenvalue weighted by Crippen LogP contribution is 1.90. The fourth-order valence-electron chi connectivity index (χ4n) is 0.326. The smallest absolute Gasteiger partial charge is 0.456 e. The van der Waals surface area contributed by atoms with Crippen LogP contribution < -0.4 is 5.32 Å². The summed E-state index contributed by atoms with van der Waals surface area (Å²) in [5.74, 6) is 0. The van der Waals surface area contributed by atoms with Crippen molar-refractivity contribution in [1.82, 2.24) is 5.32 Å². The van der Waals surface area contributed by atoms with Gasteiger partial charge in [-0.1, -0.05) is 0 Å². The largest absolute Gasteiger partial charge is 0.492 e. The highest BCUT2D eigenvalue weighted by molar-refractivity contribution is 5.54. The van der Waals surface area contributed by atoms with E-state index in [1.54, 1.807) is 14.0 Å². The molecule has 0 saturated heterocycles. The van der Waals surface area contributed by atoms with Gasteiger partial charge in [0.25, 0.3) is 0 Å².